The molecule has 1 rings (SSSR count). The third-order valence-electron chi connectivity index (χ3n) is 3.27. The summed E-state index contributed by atoms with van der Waals surface area (Å²) in [6.07, 6.45) is 0.667. The number of sulfonamides is 1. The number of nitrogens with two attached hydrogens (primary N) is 1. The Hall–Kier alpha value is -1.40. The largest absolute Gasteiger partial charge is 0.368 e. The lowest BCUT2D eigenvalue weighted by Gasteiger charge is -2.21. The Labute approximate surface area is 120 Å². The van der Waals surface area contributed by atoms with Crippen molar-refractivity contribution in [2.45, 2.75) is 39.0 Å². The Morgan fingerprint density at radius 2 is 2.05 bits per heavy atom. The van der Waals surface area contributed by atoms with E-state index in [2.05, 4.69) is 4.72 Å². The van der Waals surface area contributed by atoms with E-state index < -0.39 is 22.0 Å². The molecular weight excluding hydrogens is 276 g/mol. The van der Waals surface area contributed by atoms with E-state index in [0.29, 0.717) is 12.0 Å². The number of primary amides is 1. The fraction of sp³-hybridized carbons (Fsp3) is 0.500. The molecule has 1 amide bonds. The highest BCUT2D eigenvalue weighted by atomic mass is 32.2. The molecule has 112 valence electrons. The summed E-state index contributed by atoms with van der Waals surface area (Å²) in [6, 6.07) is 6.39. The van der Waals surface area contributed by atoms with Crippen LogP contribution in [0.2, 0.25) is 0 Å². The molecule has 0 bridgehead atoms. The summed E-state index contributed by atoms with van der Waals surface area (Å²) in [7, 11) is -3.60. The minimum absolute atomic E-state index is 0.139. The van der Waals surface area contributed by atoms with Crippen molar-refractivity contribution in [2.24, 2.45) is 11.7 Å². The van der Waals surface area contributed by atoms with Gasteiger partial charge in [0.25, 0.3) is 0 Å². The summed E-state index contributed by atoms with van der Waals surface area (Å²) in [5, 5.41) is 0. The van der Waals surface area contributed by atoms with Crippen LogP contribution in [-0.2, 0) is 20.6 Å². The molecule has 3 N–H and O–H groups in total. The number of amides is 1. The molecular formula is C14H22N2O3S. The molecule has 0 unspecified atom stereocenters. The quantitative estimate of drug-likeness (QED) is 0.795. The predicted octanol–water partition coefficient (Wildman–Crippen LogP) is 1.31. The molecule has 0 aliphatic rings. The second-order valence-corrected chi connectivity index (χ2v) is 6.89. The van der Waals surface area contributed by atoms with Gasteiger partial charge in [-0.1, -0.05) is 50.1 Å². The van der Waals surface area contributed by atoms with Gasteiger partial charge in [-0.25, -0.2) is 13.1 Å². The lowest BCUT2D eigenvalue weighted by molar-refractivity contribution is -0.120. The Kier molecular flexibility index (Phi) is 5.71. The highest BCUT2D eigenvalue weighted by Crippen LogP contribution is 2.12. The van der Waals surface area contributed by atoms with E-state index in [9.17, 15) is 13.2 Å². The topological polar surface area (TPSA) is 89.3 Å². The van der Waals surface area contributed by atoms with Gasteiger partial charge in [0.1, 0.15) is 6.04 Å². The van der Waals surface area contributed by atoms with Gasteiger partial charge in [-0.05, 0) is 18.4 Å². The van der Waals surface area contributed by atoms with Crippen molar-refractivity contribution >= 4 is 15.9 Å². The van der Waals surface area contributed by atoms with Crippen molar-refractivity contribution < 1.29 is 13.2 Å². The summed E-state index contributed by atoms with van der Waals surface area (Å²) < 4.78 is 26.7. The van der Waals surface area contributed by atoms with E-state index in [1.807, 2.05) is 26.0 Å². The van der Waals surface area contributed by atoms with Crippen LogP contribution in [0.25, 0.3) is 0 Å². The number of carbonyl (C=O) groups is 1. The second kappa shape index (κ2) is 6.85. The Morgan fingerprint density at radius 1 is 1.40 bits per heavy atom. The molecule has 0 radical (unpaired) electrons. The summed E-state index contributed by atoms with van der Waals surface area (Å²) >= 11 is 0. The van der Waals surface area contributed by atoms with Crippen molar-refractivity contribution in [1.82, 2.24) is 4.72 Å². The van der Waals surface area contributed by atoms with E-state index in [0.717, 1.165) is 5.56 Å². The lowest BCUT2D eigenvalue weighted by Crippen LogP contribution is -2.48. The first-order chi connectivity index (χ1) is 9.25. The molecule has 2 atom stereocenters. The Morgan fingerprint density at radius 3 is 2.55 bits per heavy atom. The molecule has 0 saturated heterocycles. The number of hydrogen-bond acceptors (Lipinski definition) is 3. The van der Waals surface area contributed by atoms with Crippen LogP contribution < -0.4 is 10.5 Å². The average molecular weight is 298 g/mol. The van der Waals surface area contributed by atoms with Gasteiger partial charge in [-0.3, -0.25) is 4.79 Å². The molecule has 6 heteroatoms. The number of carbonyl (C=O) groups excluding carboxylic acids is 1. The summed E-state index contributed by atoms with van der Waals surface area (Å²) in [5.74, 6) is -0.943. The van der Waals surface area contributed by atoms with Crippen LogP contribution in [0.3, 0.4) is 0 Å². The maximum atomic E-state index is 12.1. The molecule has 0 aromatic heterocycles. The van der Waals surface area contributed by atoms with Crippen LogP contribution in [-0.4, -0.2) is 20.4 Å². The molecule has 5 nitrogen and oxygen atoms in total. The highest BCUT2D eigenvalue weighted by Gasteiger charge is 2.26. The smallest absolute Gasteiger partial charge is 0.235 e. The molecule has 0 saturated carbocycles. The maximum absolute atomic E-state index is 12.1. The number of nitrogens with one attached hydrogen (secondary N) is 1. The molecule has 0 heterocycles. The van der Waals surface area contributed by atoms with Crippen molar-refractivity contribution in [1.29, 1.82) is 0 Å². The van der Waals surface area contributed by atoms with Crippen molar-refractivity contribution in [3.63, 3.8) is 0 Å². The van der Waals surface area contributed by atoms with Crippen molar-refractivity contribution in [3.8, 4) is 0 Å². The van der Waals surface area contributed by atoms with E-state index in [-0.39, 0.29) is 11.7 Å². The number of hydrogen-bond donors (Lipinski definition) is 2. The second-order valence-electron chi connectivity index (χ2n) is 5.13. The lowest BCUT2D eigenvalue weighted by atomic mass is 10.00. The first kappa shape index (κ1) is 16.7. The molecule has 0 fully saturated rings. The zero-order chi connectivity index (χ0) is 15.3. The minimum atomic E-state index is -3.60. The van der Waals surface area contributed by atoms with E-state index in [1.54, 1.807) is 19.1 Å². The summed E-state index contributed by atoms with van der Waals surface area (Å²) in [4.78, 5) is 11.4. The van der Waals surface area contributed by atoms with Gasteiger partial charge in [0.2, 0.25) is 15.9 Å². The number of rotatable bonds is 7. The van der Waals surface area contributed by atoms with Gasteiger partial charge >= 0.3 is 0 Å². The van der Waals surface area contributed by atoms with Gasteiger partial charge in [0.15, 0.2) is 0 Å². The Balaban J connectivity index is 2.85. The van der Waals surface area contributed by atoms with E-state index in [1.165, 1.54) is 0 Å². The average Bonchev–Trinajstić information content (AvgIpc) is 2.34. The van der Waals surface area contributed by atoms with E-state index in [4.69, 9.17) is 5.73 Å². The minimum Gasteiger partial charge on any atom is -0.368 e. The monoisotopic (exact) mass is 298 g/mol. The van der Waals surface area contributed by atoms with Gasteiger partial charge in [0, 0.05) is 0 Å². The van der Waals surface area contributed by atoms with Crippen molar-refractivity contribution in [2.75, 3.05) is 0 Å². The van der Waals surface area contributed by atoms with Crippen LogP contribution in [0.4, 0.5) is 0 Å². The maximum Gasteiger partial charge on any atom is 0.235 e. The van der Waals surface area contributed by atoms with Crippen LogP contribution in [0, 0.1) is 12.8 Å². The molecule has 1 aromatic rings. The molecule has 1 aromatic carbocycles. The third kappa shape index (κ3) is 4.94. The molecule has 0 aliphatic heterocycles. The fourth-order valence-corrected chi connectivity index (χ4v) is 3.38. The Bertz CT molecular complexity index is 570. The first-order valence-electron chi connectivity index (χ1n) is 6.60. The SMILES string of the molecule is CC[C@H](C)[C@H](NS(=O)(=O)Cc1cccc(C)c1)C(N)=O. The van der Waals surface area contributed by atoms with Crippen LogP contribution in [0.15, 0.2) is 24.3 Å². The van der Waals surface area contributed by atoms with Gasteiger partial charge < -0.3 is 5.73 Å². The number of benzene rings is 1. The third-order valence-corrected chi connectivity index (χ3v) is 4.59. The predicted molar refractivity (Wildman–Crippen MR) is 79.4 cm³/mol. The normalized spacial score (nSPS) is 14.8. The molecule has 0 aliphatic carbocycles. The first-order valence-corrected chi connectivity index (χ1v) is 8.25. The summed E-state index contributed by atoms with van der Waals surface area (Å²) in [6.45, 7) is 5.58. The zero-order valence-corrected chi connectivity index (χ0v) is 12.9. The van der Waals surface area contributed by atoms with Gasteiger partial charge in [0.05, 0.1) is 5.75 Å². The van der Waals surface area contributed by atoms with Crippen LogP contribution >= 0.6 is 0 Å². The van der Waals surface area contributed by atoms with E-state index >= 15 is 0 Å². The molecule has 0 spiro atoms. The highest BCUT2D eigenvalue weighted by molar-refractivity contribution is 7.88. The standard InChI is InChI=1S/C14H22N2O3S/c1-4-11(3)13(14(15)17)16-20(18,19)9-12-7-5-6-10(2)8-12/h5-8,11,13,16H,4,9H2,1-3H3,(H2,15,17)/t11-,13-/m0/s1. The number of aryl methyl sites for hydroxylation is 1. The zero-order valence-electron chi connectivity index (χ0n) is 12.1. The van der Waals surface area contributed by atoms with Gasteiger partial charge in [-0.2, -0.15) is 0 Å². The van der Waals surface area contributed by atoms with Gasteiger partial charge in [-0.15, -0.1) is 0 Å². The van der Waals surface area contributed by atoms with Crippen LogP contribution in [0.5, 0.6) is 0 Å². The fourth-order valence-electron chi connectivity index (χ4n) is 1.95. The van der Waals surface area contributed by atoms with Crippen LogP contribution in [0.1, 0.15) is 31.4 Å². The molecule has 20 heavy (non-hydrogen) atoms. The summed E-state index contributed by atoms with van der Waals surface area (Å²) in [5.41, 5.74) is 6.95. The van der Waals surface area contributed by atoms with Crippen molar-refractivity contribution in [3.05, 3.63) is 35.4 Å².